The highest BCUT2D eigenvalue weighted by molar-refractivity contribution is 8.03. The third-order valence-electron chi connectivity index (χ3n) is 3.07. The number of nitrogens with two attached hydrogens (primary N) is 1. The molecule has 0 aromatic rings. The van der Waals surface area contributed by atoms with Gasteiger partial charge in [0.15, 0.2) is 0 Å². The quantitative estimate of drug-likeness (QED) is 0.643. The van der Waals surface area contributed by atoms with Crippen molar-refractivity contribution in [2.75, 3.05) is 0 Å². The van der Waals surface area contributed by atoms with Crippen LogP contribution >= 0.6 is 7.00 Å². The Hall–Kier alpha value is 0.570. The minimum atomic E-state index is -1.11. The predicted octanol–water partition coefficient (Wildman–Crippen LogP) is 1.23. The lowest BCUT2D eigenvalue weighted by Crippen LogP contribution is -2.29. The number of nitrogens with one attached hydrogen (secondary N) is 1. The minimum Gasteiger partial charge on any atom is -0.294 e. The maximum absolute atomic E-state index is 5.61. The summed E-state index contributed by atoms with van der Waals surface area (Å²) in [5.41, 5.74) is 5.61. The summed E-state index contributed by atoms with van der Waals surface area (Å²) in [5.74, 6) is 1.90. The van der Waals surface area contributed by atoms with E-state index in [-0.39, 0.29) is 0 Å². The molecule has 2 aliphatic rings. The molecule has 0 spiro atoms. The molecule has 0 heterocycles. The van der Waals surface area contributed by atoms with Gasteiger partial charge in [-0.1, -0.05) is 18.2 Å². The number of fused-ring (bicyclic) bond motifs is 2. The van der Waals surface area contributed by atoms with Crippen LogP contribution in [0.3, 0.4) is 0 Å². The van der Waals surface area contributed by atoms with Crippen LogP contribution < -0.4 is 10.6 Å². The van der Waals surface area contributed by atoms with Crippen LogP contribution in [-0.2, 0) is 11.8 Å². The Balaban J connectivity index is 1.92. The van der Waals surface area contributed by atoms with E-state index in [4.69, 9.17) is 17.3 Å². The van der Waals surface area contributed by atoms with Gasteiger partial charge in [0.25, 0.3) is 0 Å². The van der Waals surface area contributed by atoms with E-state index in [0.717, 1.165) is 11.8 Å². The molecule has 11 heavy (non-hydrogen) atoms. The van der Waals surface area contributed by atoms with Crippen molar-refractivity contribution in [3.05, 3.63) is 0 Å². The molecular weight excluding hydrogens is 175 g/mol. The molecule has 0 radical (unpaired) electrons. The molecule has 4 atom stereocenters. The smallest absolute Gasteiger partial charge is 0.0576 e. The van der Waals surface area contributed by atoms with Crippen molar-refractivity contribution in [2.24, 2.45) is 17.3 Å². The predicted molar refractivity (Wildman–Crippen MR) is 52.2 cm³/mol. The van der Waals surface area contributed by atoms with Crippen LogP contribution in [-0.4, -0.2) is 6.04 Å². The van der Waals surface area contributed by atoms with E-state index in [1.165, 1.54) is 25.7 Å². The lowest BCUT2D eigenvalue weighted by Gasteiger charge is -2.22. The Labute approximate surface area is 73.5 Å². The number of rotatable bonds is 2. The van der Waals surface area contributed by atoms with Gasteiger partial charge in [-0.05, 0) is 31.1 Å². The molecule has 2 bridgehead atoms. The van der Waals surface area contributed by atoms with Crippen LogP contribution in [0, 0.1) is 11.8 Å². The highest BCUT2D eigenvalue weighted by Gasteiger charge is 2.39. The van der Waals surface area contributed by atoms with Crippen LogP contribution in [0.5, 0.6) is 0 Å². The zero-order valence-electron chi connectivity index (χ0n) is 6.55. The maximum atomic E-state index is 5.61. The molecule has 2 aliphatic carbocycles. The third-order valence-corrected chi connectivity index (χ3v) is 4.07. The van der Waals surface area contributed by atoms with Gasteiger partial charge in [0, 0.05) is 6.04 Å². The molecule has 0 aromatic carbocycles. The molecule has 64 valence electrons. The van der Waals surface area contributed by atoms with Gasteiger partial charge in [0.05, 0.1) is 7.00 Å². The molecule has 4 heteroatoms. The summed E-state index contributed by atoms with van der Waals surface area (Å²) in [7, 11) is 0. The number of hydrogen-bond donors (Lipinski definition) is 2. The summed E-state index contributed by atoms with van der Waals surface area (Å²) in [6.07, 6.45) is 5.63. The molecule has 4 unspecified atom stereocenters. The van der Waals surface area contributed by atoms with E-state index in [9.17, 15) is 0 Å². The van der Waals surface area contributed by atoms with E-state index in [2.05, 4.69) is 5.09 Å². The Bertz CT molecular complexity index is 185. The summed E-state index contributed by atoms with van der Waals surface area (Å²) < 4.78 is 0. The van der Waals surface area contributed by atoms with Gasteiger partial charge in [0.2, 0.25) is 0 Å². The first kappa shape index (κ1) is 8.18. The average molecular weight is 190 g/mol. The van der Waals surface area contributed by atoms with Gasteiger partial charge in [-0.15, -0.1) is 0 Å². The lowest BCUT2D eigenvalue weighted by molar-refractivity contribution is 0.399. The molecule has 0 aliphatic heterocycles. The van der Waals surface area contributed by atoms with Crippen molar-refractivity contribution in [3.8, 4) is 0 Å². The monoisotopic (exact) mass is 190 g/mol. The van der Waals surface area contributed by atoms with Crippen LogP contribution in [0.4, 0.5) is 0 Å². The second-order valence-electron chi connectivity index (χ2n) is 3.79. The Morgan fingerprint density at radius 3 is 2.64 bits per heavy atom. The largest absolute Gasteiger partial charge is 0.294 e. The second-order valence-corrected chi connectivity index (χ2v) is 6.13. The van der Waals surface area contributed by atoms with Gasteiger partial charge in [0.1, 0.15) is 0 Å². The van der Waals surface area contributed by atoms with Crippen LogP contribution in [0.15, 0.2) is 0 Å². The molecular formula is C7H15N2PS. The summed E-state index contributed by atoms with van der Waals surface area (Å²) in [6, 6.07) is 0.685. The minimum absolute atomic E-state index is 0.685. The van der Waals surface area contributed by atoms with Crippen molar-refractivity contribution in [1.29, 1.82) is 0 Å². The standard InChI is InChI=1S/C7H15N2PS/c8-10(11)9-7-4-5-1-2-6(7)3-5/h5-7,10H,1-4H2,(H3,8,9,11). The molecule has 0 saturated heterocycles. The first-order valence-electron chi connectivity index (χ1n) is 4.31. The SMILES string of the molecule is N[PH](=S)NC1CC2CCC1C2. The first-order chi connectivity index (χ1) is 5.25. The fourth-order valence-corrected chi connectivity index (χ4v) is 3.78. The van der Waals surface area contributed by atoms with Crippen LogP contribution in [0.2, 0.25) is 0 Å². The van der Waals surface area contributed by atoms with Gasteiger partial charge in [-0.2, -0.15) is 0 Å². The molecule has 2 fully saturated rings. The highest BCUT2D eigenvalue weighted by atomic mass is 32.4. The highest BCUT2D eigenvalue weighted by Crippen LogP contribution is 2.45. The van der Waals surface area contributed by atoms with E-state index < -0.39 is 7.00 Å². The van der Waals surface area contributed by atoms with Crippen molar-refractivity contribution in [1.82, 2.24) is 5.09 Å². The average Bonchev–Trinajstić information content (AvgIpc) is 2.45. The van der Waals surface area contributed by atoms with E-state index in [1.807, 2.05) is 0 Å². The number of hydrogen-bond acceptors (Lipinski definition) is 1. The fraction of sp³-hybridized carbons (Fsp3) is 1.00. The maximum Gasteiger partial charge on any atom is 0.0576 e. The van der Waals surface area contributed by atoms with E-state index in [1.54, 1.807) is 0 Å². The van der Waals surface area contributed by atoms with E-state index in [0.29, 0.717) is 6.04 Å². The van der Waals surface area contributed by atoms with Crippen molar-refractivity contribution in [2.45, 2.75) is 31.7 Å². The topological polar surface area (TPSA) is 38.0 Å². The van der Waals surface area contributed by atoms with Crippen LogP contribution in [0.25, 0.3) is 0 Å². The zero-order chi connectivity index (χ0) is 7.84. The Kier molecular flexibility index (Phi) is 2.33. The van der Waals surface area contributed by atoms with Crippen molar-refractivity contribution >= 4 is 18.8 Å². The summed E-state index contributed by atoms with van der Waals surface area (Å²) in [5, 5.41) is 3.37. The van der Waals surface area contributed by atoms with Crippen molar-refractivity contribution in [3.63, 3.8) is 0 Å². The summed E-state index contributed by atoms with van der Waals surface area (Å²) in [6.45, 7) is -1.11. The van der Waals surface area contributed by atoms with Gasteiger partial charge in [-0.3, -0.25) is 10.6 Å². The third kappa shape index (κ3) is 1.67. The molecule has 3 N–H and O–H groups in total. The van der Waals surface area contributed by atoms with Gasteiger partial charge >= 0.3 is 0 Å². The molecule has 0 aromatic heterocycles. The Morgan fingerprint density at radius 1 is 1.36 bits per heavy atom. The molecule has 2 nitrogen and oxygen atoms in total. The lowest BCUT2D eigenvalue weighted by atomic mass is 9.96. The summed E-state index contributed by atoms with van der Waals surface area (Å²) >= 11 is 5.00. The molecule has 2 rings (SSSR count). The fourth-order valence-electron chi connectivity index (χ4n) is 2.60. The van der Waals surface area contributed by atoms with E-state index >= 15 is 0 Å². The second kappa shape index (κ2) is 3.14. The normalized spacial score (nSPS) is 44.6. The van der Waals surface area contributed by atoms with Gasteiger partial charge in [-0.25, -0.2) is 0 Å². The first-order valence-corrected chi connectivity index (χ1v) is 7.02. The van der Waals surface area contributed by atoms with Crippen LogP contribution in [0.1, 0.15) is 25.7 Å². The summed E-state index contributed by atoms with van der Waals surface area (Å²) in [4.78, 5) is 0. The van der Waals surface area contributed by atoms with Crippen molar-refractivity contribution < 1.29 is 0 Å². The van der Waals surface area contributed by atoms with Gasteiger partial charge < -0.3 is 0 Å². The Morgan fingerprint density at radius 2 is 2.18 bits per heavy atom. The zero-order valence-corrected chi connectivity index (χ0v) is 8.36. The molecule has 2 saturated carbocycles. The molecule has 0 amide bonds.